The topological polar surface area (TPSA) is 58.2 Å². The van der Waals surface area contributed by atoms with Gasteiger partial charge in [0.25, 0.3) is 0 Å². The van der Waals surface area contributed by atoms with Gasteiger partial charge in [-0.3, -0.25) is 0 Å². The molecule has 1 heterocycles. The summed E-state index contributed by atoms with van der Waals surface area (Å²) in [5, 5.41) is 3.43. The minimum atomic E-state index is -0.259. The number of hydrogen-bond donors (Lipinski definition) is 1. The molecule has 1 aliphatic heterocycles. The molecule has 6 heteroatoms. The molecule has 0 spiro atoms. The molecule has 1 aromatic rings. The lowest BCUT2D eigenvalue weighted by Crippen LogP contribution is -2.33. The zero-order valence-corrected chi connectivity index (χ0v) is 14.6. The minimum Gasteiger partial charge on any atom is -0.496 e. The number of ether oxygens (including phenoxy) is 5. The van der Waals surface area contributed by atoms with Gasteiger partial charge in [-0.05, 0) is 33.8 Å². The molecule has 0 aromatic heterocycles. The van der Waals surface area contributed by atoms with E-state index in [9.17, 15) is 0 Å². The number of fused-ring (bicyclic) bond motifs is 1. The molecule has 0 bridgehead atoms. The van der Waals surface area contributed by atoms with Crippen LogP contribution in [0, 0.1) is 6.92 Å². The zero-order chi connectivity index (χ0) is 16.8. The van der Waals surface area contributed by atoms with Crippen LogP contribution in [0.4, 0.5) is 0 Å². The van der Waals surface area contributed by atoms with Gasteiger partial charge in [-0.1, -0.05) is 0 Å². The fraction of sp³-hybridized carbons (Fsp3) is 0.647. The molecule has 1 atom stereocenters. The molecule has 0 aliphatic carbocycles. The Kier molecular flexibility index (Phi) is 6.50. The van der Waals surface area contributed by atoms with Gasteiger partial charge < -0.3 is 29.0 Å². The molecule has 6 nitrogen and oxygen atoms in total. The molecule has 0 fully saturated rings. The Balaban J connectivity index is 2.13. The van der Waals surface area contributed by atoms with Crippen molar-refractivity contribution >= 4 is 0 Å². The Labute approximate surface area is 138 Å². The van der Waals surface area contributed by atoms with Gasteiger partial charge in [0.2, 0.25) is 6.79 Å². The molecule has 2 rings (SSSR count). The summed E-state index contributed by atoms with van der Waals surface area (Å²) in [4.78, 5) is 0. The zero-order valence-electron chi connectivity index (χ0n) is 14.6. The first-order valence-corrected chi connectivity index (χ1v) is 8.05. The van der Waals surface area contributed by atoms with Gasteiger partial charge in [-0.25, -0.2) is 0 Å². The van der Waals surface area contributed by atoms with Crippen molar-refractivity contribution in [3.8, 4) is 17.2 Å². The van der Waals surface area contributed by atoms with Gasteiger partial charge in [-0.15, -0.1) is 0 Å². The largest absolute Gasteiger partial charge is 0.496 e. The molecule has 1 aromatic carbocycles. The summed E-state index contributed by atoms with van der Waals surface area (Å²) < 4.78 is 27.8. The normalized spacial score (nSPS) is 14.3. The Hall–Kier alpha value is -1.50. The Morgan fingerprint density at radius 1 is 1.17 bits per heavy atom. The highest BCUT2D eigenvalue weighted by molar-refractivity contribution is 5.59. The van der Waals surface area contributed by atoms with E-state index in [1.165, 1.54) is 0 Å². The minimum absolute atomic E-state index is 0.0448. The molecule has 1 unspecified atom stereocenters. The van der Waals surface area contributed by atoms with E-state index in [4.69, 9.17) is 23.7 Å². The third-order valence-electron chi connectivity index (χ3n) is 3.85. The van der Waals surface area contributed by atoms with Gasteiger partial charge in [0.15, 0.2) is 17.8 Å². The summed E-state index contributed by atoms with van der Waals surface area (Å²) in [6, 6.07) is 2.04. The molecular formula is C17H27NO5. The second kappa shape index (κ2) is 8.38. The summed E-state index contributed by atoms with van der Waals surface area (Å²) >= 11 is 0. The summed E-state index contributed by atoms with van der Waals surface area (Å²) in [6.45, 7) is 10.0. The fourth-order valence-electron chi connectivity index (χ4n) is 2.65. The molecule has 1 aliphatic rings. The lowest BCUT2D eigenvalue weighted by molar-refractivity contribution is -0.133. The summed E-state index contributed by atoms with van der Waals surface area (Å²) in [5.74, 6) is 2.34. The maximum absolute atomic E-state index is 5.65. The van der Waals surface area contributed by atoms with E-state index in [0.717, 1.165) is 28.4 Å². The highest BCUT2D eigenvalue weighted by Crippen LogP contribution is 2.45. The average Bonchev–Trinajstić information content (AvgIpc) is 3.03. The molecular weight excluding hydrogens is 298 g/mol. The van der Waals surface area contributed by atoms with Crippen LogP contribution < -0.4 is 19.5 Å². The van der Waals surface area contributed by atoms with Gasteiger partial charge in [0.1, 0.15) is 5.75 Å². The Bertz CT molecular complexity index is 514. The Morgan fingerprint density at radius 3 is 2.43 bits per heavy atom. The second-order valence-corrected chi connectivity index (χ2v) is 5.33. The van der Waals surface area contributed by atoms with Crippen molar-refractivity contribution in [2.75, 3.05) is 33.7 Å². The van der Waals surface area contributed by atoms with Crippen LogP contribution in [0.3, 0.4) is 0 Å². The van der Waals surface area contributed by atoms with E-state index in [0.29, 0.717) is 19.8 Å². The van der Waals surface area contributed by atoms with E-state index >= 15 is 0 Å². The molecule has 0 amide bonds. The van der Waals surface area contributed by atoms with Gasteiger partial charge in [0, 0.05) is 36.9 Å². The van der Waals surface area contributed by atoms with Gasteiger partial charge >= 0.3 is 0 Å². The van der Waals surface area contributed by atoms with Crippen LogP contribution in [0.5, 0.6) is 17.2 Å². The molecule has 0 saturated heterocycles. The molecule has 0 radical (unpaired) electrons. The van der Waals surface area contributed by atoms with Crippen LogP contribution in [0.2, 0.25) is 0 Å². The number of rotatable bonds is 9. The molecule has 23 heavy (non-hydrogen) atoms. The Morgan fingerprint density at radius 2 is 1.83 bits per heavy atom. The number of methoxy groups -OCH3 is 1. The van der Waals surface area contributed by atoms with Crippen LogP contribution in [-0.2, 0) is 9.47 Å². The summed E-state index contributed by atoms with van der Waals surface area (Å²) in [7, 11) is 1.66. The first-order chi connectivity index (χ1) is 11.1. The first kappa shape index (κ1) is 17.8. The van der Waals surface area contributed by atoms with E-state index in [1.54, 1.807) is 7.11 Å². The molecule has 130 valence electrons. The predicted octanol–water partition coefficient (Wildman–Crippen LogP) is 2.78. The van der Waals surface area contributed by atoms with Crippen LogP contribution in [0.15, 0.2) is 6.07 Å². The summed E-state index contributed by atoms with van der Waals surface area (Å²) in [6.07, 6.45) is -0.259. The maximum Gasteiger partial charge on any atom is 0.231 e. The maximum atomic E-state index is 5.65. The first-order valence-electron chi connectivity index (χ1n) is 8.05. The highest BCUT2D eigenvalue weighted by Gasteiger charge is 2.26. The van der Waals surface area contributed by atoms with Crippen molar-refractivity contribution < 1.29 is 23.7 Å². The average molecular weight is 325 g/mol. The SMILES string of the molecule is CCOC(CNC(C)c1cc(OC)c(C)c2c1OCO2)OCC. The lowest BCUT2D eigenvalue weighted by Gasteiger charge is -2.22. The second-order valence-electron chi connectivity index (χ2n) is 5.33. The van der Waals surface area contributed by atoms with E-state index in [2.05, 4.69) is 12.2 Å². The van der Waals surface area contributed by atoms with Crippen molar-refractivity contribution in [2.45, 2.75) is 40.0 Å². The quantitative estimate of drug-likeness (QED) is 0.705. The third-order valence-corrected chi connectivity index (χ3v) is 3.85. The summed E-state index contributed by atoms with van der Waals surface area (Å²) in [5.41, 5.74) is 1.96. The standard InChI is InChI=1S/C17H27NO5/c1-6-20-15(21-7-2)9-18-12(4)13-8-14(19-5)11(3)16-17(13)23-10-22-16/h8,12,15,18H,6-7,9-10H2,1-5H3. The van der Waals surface area contributed by atoms with E-state index in [-0.39, 0.29) is 19.1 Å². The fourth-order valence-corrected chi connectivity index (χ4v) is 2.65. The number of benzene rings is 1. The highest BCUT2D eigenvalue weighted by atomic mass is 16.7. The lowest BCUT2D eigenvalue weighted by atomic mass is 10.0. The van der Waals surface area contributed by atoms with Crippen LogP contribution in [0.1, 0.15) is 37.9 Å². The molecule has 0 saturated carbocycles. The number of hydrogen-bond acceptors (Lipinski definition) is 6. The van der Waals surface area contributed by atoms with E-state index < -0.39 is 0 Å². The smallest absolute Gasteiger partial charge is 0.231 e. The van der Waals surface area contributed by atoms with Crippen molar-refractivity contribution in [1.29, 1.82) is 0 Å². The third kappa shape index (κ3) is 4.07. The van der Waals surface area contributed by atoms with Crippen molar-refractivity contribution in [3.05, 3.63) is 17.2 Å². The number of nitrogens with one attached hydrogen (secondary N) is 1. The van der Waals surface area contributed by atoms with Gasteiger partial charge in [-0.2, -0.15) is 0 Å². The van der Waals surface area contributed by atoms with Crippen LogP contribution >= 0.6 is 0 Å². The monoisotopic (exact) mass is 325 g/mol. The van der Waals surface area contributed by atoms with Crippen molar-refractivity contribution in [3.63, 3.8) is 0 Å². The van der Waals surface area contributed by atoms with Crippen molar-refractivity contribution in [2.24, 2.45) is 0 Å². The van der Waals surface area contributed by atoms with Crippen molar-refractivity contribution in [1.82, 2.24) is 5.32 Å². The van der Waals surface area contributed by atoms with Crippen LogP contribution in [0.25, 0.3) is 0 Å². The molecule has 1 N–H and O–H groups in total. The van der Waals surface area contributed by atoms with Crippen LogP contribution in [-0.4, -0.2) is 40.0 Å². The van der Waals surface area contributed by atoms with Gasteiger partial charge in [0.05, 0.1) is 7.11 Å². The van der Waals surface area contributed by atoms with E-state index in [1.807, 2.05) is 26.8 Å². The predicted molar refractivity (Wildman–Crippen MR) is 87.3 cm³/mol.